The van der Waals surface area contributed by atoms with Gasteiger partial charge in [0, 0.05) is 16.4 Å². The van der Waals surface area contributed by atoms with Crippen LogP contribution < -0.4 is 10.1 Å². The Kier molecular flexibility index (Phi) is 5.88. The number of carbonyl (C=O) groups is 1. The fourth-order valence-corrected chi connectivity index (χ4v) is 5.22. The van der Waals surface area contributed by atoms with E-state index in [0.717, 1.165) is 50.5 Å². The van der Waals surface area contributed by atoms with Crippen molar-refractivity contribution in [2.75, 3.05) is 16.9 Å². The molecular formula is C20H17F3IN3O2S. The number of pyridine rings is 1. The molecule has 0 atom stereocenters. The van der Waals surface area contributed by atoms with E-state index in [9.17, 15) is 18.0 Å². The van der Waals surface area contributed by atoms with Crippen LogP contribution in [0.5, 0.6) is 5.75 Å². The lowest BCUT2D eigenvalue weighted by Gasteiger charge is -2.32. The number of carbonyl (C=O) groups excluding carboxylic acids is 1. The van der Waals surface area contributed by atoms with E-state index in [1.165, 1.54) is 13.2 Å². The molecule has 0 unspecified atom stereocenters. The number of anilines is 1. The van der Waals surface area contributed by atoms with Crippen molar-refractivity contribution in [2.24, 2.45) is 5.92 Å². The topological polar surface area (TPSA) is 64.1 Å². The summed E-state index contributed by atoms with van der Waals surface area (Å²) in [5.74, 6) is 0.846. The lowest BCUT2D eigenvalue weighted by molar-refractivity contribution is -0.141. The number of hydrogen-bond acceptors (Lipinski definition) is 5. The summed E-state index contributed by atoms with van der Waals surface area (Å²) >= 11 is 3.97. The average molecular weight is 547 g/mol. The Balaban J connectivity index is 1.59. The third-order valence-corrected chi connectivity index (χ3v) is 7.48. The number of alkyl halides is 4. The number of hydrogen-bond donors (Lipinski definition) is 1. The van der Waals surface area contributed by atoms with Gasteiger partial charge < -0.3 is 10.1 Å². The van der Waals surface area contributed by atoms with Crippen molar-refractivity contribution in [2.45, 2.75) is 24.9 Å². The van der Waals surface area contributed by atoms with Gasteiger partial charge in [0.15, 0.2) is 0 Å². The van der Waals surface area contributed by atoms with E-state index in [-0.39, 0.29) is 5.69 Å². The van der Waals surface area contributed by atoms with Gasteiger partial charge in [-0.05, 0) is 37.0 Å². The Labute approximate surface area is 188 Å². The highest BCUT2D eigenvalue weighted by molar-refractivity contribution is 14.1. The predicted molar refractivity (Wildman–Crippen MR) is 118 cm³/mol. The molecule has 10 heteroatoms. The molecule has 0 aliphatic heterocycles. The highest BCUT2D eigenvalue weighted by Crippen LogP contribution is 2.45. The number of benzene rings is 1. The number of nitrogens with one attached hydrogen (secondary N) is 1. The third kappa shape index (κ3) is 4.25. The smallest absolute Gasteiger partial charge is 0.433 e. The van der Waals surface area contributed by atoms with Crippen LogP contribution in [0, 0.1) is 5.92 Å². The molecule has 1 N–H and O–H groups in total. The Hall–Kier alpha value is -1.95. The first-order valence-corrected chi connectivity index (χ1v) is 11.5. The van der Waals surface area contributed by atoms with Crippen molar-refractivity contribution in [3.63, 3.8) is 0 Å². The van der Waals surface area contributed by atoms with Gasteiger partial charge in [0.1, 0.15) is 17.1 Å². The molecule has 1 amide bonds. The number of rotatable bonds is 5. The molecule has 1 saturated carbocycles. The molecule has 0 radical (unpaired) electrons. The molecule has 5 nitrogen and oxygen atoms in total. The van der Waals surface area contributed by atoms with Gasteiger partial charge in [-0.25, -0.2) is 9.97 Å². The van der Waals surface area contributed by atoms with Gasteiger partial charge >= 0.3 is 6.18 Å². The second kappa shape index (κ2) is 8.29. The summed E-state index contributed by atoms with van der Waals surface area (Å²) in [6.07, 6.45) is -2.36. The molecule has 1 aromatic carbocycles. The summed E-state index contributed by atoms with van der Waals surface area (Å²) in [4.78, 5) is 20.7. The number of fused-ring (bicyclic) bond motifs is 1. The van der Waals surface area contributed by atoms with Crippen LogP contribution in [0.15, 0.2) is 30.3 Å². The fourth-order valence-electron chi connectivity index (χ4n) is 3.38. The molecular weight excluding hydrogens is 530 g/mol. The van der Waals surface area contributed by atoms with Gasteiger partial charge in [0.05, 0.1) is 28.0 Å². The summed E-state index contributed by atoms with van der Waals surface area (Å²) in [5, 5.41) is 3.68. The lowest BCUT2D eigenvalue weighted by atomic mass is 9.76. The van der Waals surface area contributed by atoms with Crippen LogP contribution in [0.1, 0.15) is 39.9 Å². The molecule has 30 heavy (non-hydrogen) atoms. The van der Waals surface area contributed by atoms with Gasteiger partial charge in [-0.3, -0.25) is 4.79 Å². The van der Waals surface area contributed by atoms with E-state index in [0.29, 0.717) is 17.4 Å². The highest BCUT2D eigenvalue weighted by Gasteiger charge is 2.33. The maximum Gasteiger partial charge on any atom is 0.433 e. The maximum atomic E-state index is 12.9. The van der Waals surface area contributed by atoms with Gasteiger partial charge in [0.25, 0.3) is 5.91 Å². The Morgan fingerprint density at radius 3 is 2.73 bits per heavy atom. The minimum Gasteiger partial charge on any atom is -0.494 e. The number of nitrogens with zero attached hydrogens (tertiary/aromatic N) is 2. The standard InChI is InChI=1S/C20H17F3IN3O2S/c1-29-15-7-14-16(30-19(27-14)11-5-10(6-11)9-24)8-13(15)26-18(28)12-3-2-4-17(25-12)20(21,22)23/h2-4,7-8,10-11H,5-6,9H2,1H3,(H,26,28). The Bertz CT molecular complexity index is 1100. The van der Waals surface area contributed by atoms with Crippen molar-refractivity contribution in [3.05, 3.63) is 46.7 Å². The normalized spacial score (nSPS) is 18.8. The van der Waals surface area contributed by atoms with Crippen LogP contribution in [0.3, 0.4) is 0 Å². The van der Waals surface area contributed by atoms with E-state index >= 15 is 0 Å². The third-order valence-electron chi connectivity index (χ3n) is 5.05. The number of thiazole rings is 1. The second-order valence-electron chi connectivity index (χ2n) is 7.12. The zero-order valence-corrected chi connectivity index (χ0v) is 18.8. The molecule has 0 spiro atoms. The van der Waals surface area contributed by atoms with E-state index in [1.807, 2.05) is 0 Å². The van der Waals surface area contributed by atoms with Gasteiger partial charge in [-0.2, -0.15) is 13.2 Å². The zero-order valence-electron chi connectivity index (χ0n) is 15.8. The summed E-state index contributed by atoms with van der Waals surface area (Å²) in [6.45, 7) is 0. The number of amides is 1. The van der Waals surface area contributed by atoms with Crippen LogP contribution in [-0.2, 0) is 6.18 Å². The minimum absolute atomic E-state index is 0.323. The number of halogens is 4. The molecule has 2 aromatic heterocycles. The predicted octanol–water partition coefficient (Wildman–Crippen LogP) is 5.90. The van der Waals surface area contributed by atoms with Gasteiger partial charge in [-0.1, -0.05) is 28.7 Å². The molecule has 1 aliphatic rings. The summed E-state index contributed by atoms with van der Waals surface area (Å²) < 4.78 is 46.0. The van der Waals surface area contributed by atoms with E-state index in [2.05, 4.69) is 32.9 Å². The van der Waals surface area contributed by atoms with Crippen LogP contribution >= 0.6 is 33.9 Å². The van der Waals surface area contributed by atoms with Crippen LogP contribution in [0.4, 0.5) is 18.9 Å². The molecule has 4 rings (SSSR count). The van der Waals surface area contributed by atoms with Crippen LogP contribution in [-0.4, -0.2) is 27.4 Å². The summed E-state index contributed by atoms with van der Waals surface area (Å²) in [5.41, 5.74) is -0.297. The lowest BCUT2D eigenvalue weighted by Crippen LogP contribution is -2.22. The van der Waals surface area contributed by atoms with Crippen LogP contribution in [0.25, 0.3) is 10.2 Å². The first-order valence-electron chi connectivity index (χ1n) is 9.18. The highest BCUT2D eigenvalue weighted by atomic mass is 127. The Morgan fingerprint density at radius 2 is 2.07 bits per heavy atom. The van der Waals surface area contributed by atoms with E-state index in [1.54, 1.807) is 23.5 Å². The largest absolute Gasteiger partial charge is 0.494 e. The Morgan fingerprint density at radius 1 is 1.30 bits per heavy atom. The van der Waals surface area contributed by atoms with Crippen molar-refractivity contribution in [3.8, 4) is 5.75 Å². The summed E-state index contributed by atoms with van der Waals surface area (Å²) in [6, 6.07) is 6.70. The molecule has 1 aliphatic carbocycles. The maximum absolute atomic E-state index is 12.9. The number of ether oxygens (including phenoxy) is 1. The van der Waals surface area contributed by atoms with Crippen molar-refractivity contribution in [1.82, 2.24) is 9.97 Å². The van der Waals surface area contributed by atoms with Gasteiger partial charge in [-0.15, -0.1) is 11.3 Å². The monoisotopic (exact) mass is 547 g/mol. The number of methoxy groups -OCH3 is 1. The summed E-state index contributed by atoms with van der Waals surface area (Å²) in [7, 11) is 1.46. The van der Waals surface area contributed by atoms with Crippen LogP contribution in [0.2, 0.25) is 0 Å². The zero-order chi connectivity index (χ0) is 21.5. The van der Waals surface area contributed by atoms with E-state index < -0.39 is 17.8 Å². The first-order chi connectivity index (χ1) is 14.3. The molecule has 3 aromatic rings. The molecule has 2 heterocycles. The first kappa shape index (κ1) is 21.3. The molecule has 0 saturated heterocycles. The fraction of sp³-hybridized carbons (Fsp3) is 0.350. The molecule has 158 valence electrons. The van der Waals surface area contributed by atoms with Crippen molar-refractivity contribution >= 4 is 55.7 Å². The quantitative estimate of drug-likeness (QED) is 0.319. The van der Waals surface area contributed by atoms with Crippen molar-refractivity contribution in [1.29, 1.82) is 0 Å². The molecule has 1 fully saturated rings. The minimum atomic E-state index is -4.62. The van der Waals surface area contributed by atoms with Crippen molar-refractivity contribution < 1.29 is 22.7 Å². The van der Waals surface area contributed by atoms with E-state index in [4.69, 9.17) is 9.72 Å². The number of aromatic nitrogens is 2. The second-order valence-corrected chi connectivity index (χ2v) is 9.06. The average Bonchev–Trinajstić information content (AvgIpc) is 3.08. The van der Waals surface area contributed by atoms with Gasteiger partial charge in [0.2, 0.25) is 0 Å². The SMILES string of the molecule is COc1cc2nc(C3CC(CI)C3)sc2cc1NC(=O)c1cccc(C(F)(F)F)n1. The molecule has 0 bridgehead atoms.